The Labute approximate surface area is 94.5 Å². The Morgan fingerprint density at radius 3 is 2.50 bits per heavy atom. The van der Waals surface area contributed by atoms with Gasteiger partial charge >= 0.3 is 5.97 Å². The van der Waals surface area contributed by atoms with E-state index in [-0.39, 0.29) is 24.0 Å². The molecular formula is C13H16O3. The van der Waals surface area contributed by atoms with Crippen molar-refractivity contribution in [2.24, 2.45) is 35.5 Å². The van der Waals surface area contributed by atoms with E-state index in [9.17, 15) is 9.90 Å². The molecule has 2 aliphatic heterocycles. The maximum Gasteiger partial charge on any atom is 0.309 e. The average Bonchev–Trinajstić information content (AvgIpc) is 2.92. The lowest BCUT2D eigenvalue weighted by Gasteiger charge is -2.35. The van der Waals surface area contributed by atoms with Gasteiger partial charge in [-0.2, -0.15) is 0 Å². The fraction of sp³-hybridized carbons (Fsp3) is 0.769. The van der Waals surface area contributed by atoms with Crippen LogP contribution in [0.25, 0.3) is 0 Å². The van der Waals surface area contributed by atoms with Gasteiger partial charge in [0.25, 0.3) is 0 Å². The van der Waals surface area contributed by atoms with Crippen LogP contribution in [0.3, 0.4) is 0 Å². The van der Waals surface area contributed by atoms with Gasteiger partial charge in [-0.15, -0.1) is 0 Å². The van der Waals surface area contributed by atoms with Crippen molar-refractivity contribution in [3.63, 3.8) is 0 Å². The van der Waals surface area contributed by atoms with E-state index in [1.54, 1.807) is 0 Å². The highest BCUT2D eigenvalue weighted by Gasteiger charge is 2.66. The van der Waals surface area contributed by atoms with Crippen molar-refractivity contribution in [2.45, 2.75) is 25.6 Å². The van der Waals surface area contributed by atoms with Crippen LogP contribution in [0.15, 0.2) is 12.2 Å². The van der Waals surface area contributed by atoms with Gasteiger partial charge in [-0.05, 0) is 36.0 Å². The Hall–Kier alpha value is -0.830. The van der Waals surface area contributed by atoms with E-state index in [4.69, 9.17) is 4.74 Å². The van der Waals surface area contributed by atoms with Crippen molar-refractivity contribution in [3.05, 3.63) is 12.2 Å². The first-order valence-corrected chi connectivity index (χ1v) is 6.25. The van der Waals surface area contributed by atoms with Crippen LogP contribution in [-0.4, -0.2) is 23.3 Å². The summed E-state index contributed by atoms with van der Waals surface area (Å²) in [4.78, 5) is 11.3. The summed E-state index contributed by atoms with van der Waals surface area (Å²) in [6.07, 6.45) is 6.06. The van der Waals surface area contributed by atoms with E-state index in [2.05, 4.69) is 19.1 Å². The molecule has 3 fully saturated rings. The molecule has 8 atom stereocenters. The van der Waals surface area contributed by atoms with Crippen LogP contribution in [0.4, 0.5) is 0 Å². The highest BCUT2D eigenvalue weighted by Crippen LogP contribution is 2.62. The van der Waals surface area contributed by atoms with Gasteiger partial charge in [0.1, 0.15) is 0 Å². The van der Waals surface area contributed by atoms with Gasteiger partial charge in [-0.25, -0.2) is 0 Å². The minimum absolute atomic E-state index is 0.0116. The number of allylic oxidation sites excluding steroid dienone is 2. The number of aliphatic carboxylic acids is 1. The number of hydrogen-bond acceptors (Lipinski definition) is 2. The maximum absolute atomic E-state index is 11.3. The van der Waals surface area contributed by atoms with E-state index in [0.29, 0.717) is 23.7 Å². The molecule has 3 nitrogen and oxygen atoms in total. The van der Waals surface area contributed by atoms with E-state index >= 15 is 0 Å². The lowest BCUT2D eigenvalue weighted by atomic mass is 9.65. The Morgan fingerprint density at radius 2 is 1.88 bits per heavy atom. The first kappa shape index (κ1) is 9.23. The van der Waals surface area contributed by atoms with Crippen LogP contribution in [0.1, 0.15) is 13.3 Å². The second kappa shape index (κ2) is 2.70. The Morgan fingerprint density at radius 1 is 1.25 bits per heavy atom. The summed E-state index contributed by atoms with van der Waals surface area (Å²) in [6.45, 7) is 2.05. The molecule has 2 heterocycles. The third kappa shape index (κ3) is 0.841. The Balaban J connectivity index is 1.74. The van der Waals surface area contributed by atoms with Gasteiger partial charge in [0, 0.05) is 0 Å². The number of fused-ring (bicyclic) bond motifs is 9. The van der Waals surface area contributed by atoms with E-state index in [0.717, 1.165) is 0 Å². The second-order valence-electron chi connectivity index (χ2n) is 5.89. The molecule has 16 heavy (non-hydrogen) atoms. The molecule has 2 aliphatic carbocycles. The summed E-state index contributed by atoms with van der Waals surface area (Å²) in [5.41, 5.74) is 0. The molecule has 0 aromatic heterocycles. The quantitative estimate of drug-likeness (QED) is 0.682. The largest absolute Gasteiger partial charge is 0.481 e. The normalized spacial score (nSPS) is 60.6. The number of ether oxygens (including phenoxy) is 1. The van der Waals surface area contributed by atoms with Gasteiger partial charge in [-0.1, -0.05) is 19.1 Å². The van der Waals surface area contributed by atoms with E-state index in [1.165, 1.54) is 6.42 Å². The first-order valence-electron chi connectivity index (χ1n) is 6.25. The van der Waals surface area contributed by atoms with Crippen molar-refractivity contribution in [1.82, 2.24) is 0 Å². The third-order valence-corrected chi connectivity index (χ3v) is 5.38. The Kier molecular flexibility index (Phi) is 1.56. The van der Waals surface area contributed by atoms with Gasteiger partial charge in [-0.3, -0.25) is 4.79 Å². The molecule has 0 aromatic rings. The molecule has 8 unspecified atom stereocenters. The SMILES string of the molecule is CC1C2OC(C1C(=O)O)C1C3C=CC(C3)C21. The van der Waals surface area contributed by atoms with Crippen LogP contribution < -0.4 is 0 Å². The molecule has 3 heteroatoms. The second-order valence-corrected chi connectivity index (χ2v) is 5.89. The highest BCUT2D eigenvalue weighted by atomic mass is 16.5. The molecule has 1 saturated carbocycles. The lowest BCUT2D eigenvalue weighted by Crippen LogP contribution is -2.43. The zero-order chi connectivity index (χ0) is 11.0. The summed E-state index contributed by atoms with van der Waals surface area (Å²) in [5, 5.41) is 9.30. The van der Waals surface area contributed by atoms with Gasteiger partial charge < -0.3 is 9.84 Å². The average molecular weight is 220 g/mol. The molecule has 0 aromatic carbocycles. The number of carboxylic acids is 1. The van der Waals surface area contributed by atoms with Crippen LogP contribution in [0, 0.1) is 35.5 Å². The molecule has 0 radical (unpaired) electrons. The maximum atomic E-state index is 11.3. The number of hydrogen-bond donors (Lipinski definition) is 1. The molecule has 2 saturated heterocycles. The molecule has 86 valence electrons. The zero-order valence-corrected chi connectivity index (χ0v) is 9.24. The first-order chi connectivity index (χ1) is 7.68. The van der Waals surface area contributed by atoms with Crippen molar-refractivity contribution < 1.29 is 14.6 Å². The van der Waals surface area contributed by atoms with Gasteiger partial charge in [0.15, 0.2) is 0 Å². The lowest BCUT2D eigenvalue weighted by molar-refractivity contribution is -0.145. The number of rotatable bonds is 1. The van der Waals surface area contributed by atoms with Crippen molar-refractivity contribution in [3.8, 4) is 0 Å². The summed E-state index contributed by atoms with van der Waals surface area (Å²) in [6, 6.07) is 0. The minimum Gasteiger partial charge on any atom is -0.481 e. The molecule has 0 amide bonds. The van der Waals surface area contributed by atoms with Crippen molar-refractivity contribution >= 4 is 5.97 Å². The molecule has 4 aliphatic rings. The minimum atomic E-state index is -0.662. The summed E-state index contributed by atoms with van der Waals surface area (Å²) >= 11 is 0. The van der Waals surface area contributed by atoms with Crippen LogP contribution in [0.2, 0.25) is 0 Å². The predicted octanol–water partition coefficient (Wildman–Crippen LogP) is 1.54. The topological polar surface area (TPSA) is 46.5 Å². The van der Waals surface area contributed by atoms with E-state index < -0.39 is 5.97 Å². The standard InChI is InChI=1S/C13H16O3/c1-5-8(13(14)15)12-10-7-3-2-6(4-7)9(10)11(5)16-12/h2-3,5-12H,4H2,1H3,(H,14,15). The van der Waals surface area contributed by atoms with Crippen LogP contribution in [-0.2, 0) is 9.53 Å². The Bertz CT molecular complexity index is 389. The molecule has 4 bridgehead atoms. The van der Waals surface area contributed by atoms with Crippen molar-refractivity contribution in [1.29, 1.82) is 0 Å². The zero-order valence-electron chi connectivity index (χ0n) is 9.24. The summed E-state index contributed by atoms with van der Waals surface area (Å²) in [5.74, 6) is 1.64. The van der Waals surface area contributed by atoms with Gasteiger partial charge in [0.2, 0.25) is 0 Å². The van der Waals surface area contributed by atoms with Crippen molar-refractivity contribution in [2.75, 3.05) is 0 Å². The smallest absolute Gasteiger partial charge is 0.309 e. The summed E-state index contributed by atoms with van der Waals surface area (Å²) < 4.78 is 5.99. The monoisotopic (exact) mass is 220 g/mol. The third-order valence-electron chi connectivity index (χ3n) is 5.38. The molecule has 4 rings (SSSR count). The molecule has 1 N–H and O–H groups in total. The van der Waals surface area contributed by atoms with Crippen LogP contribution >= 0.6 is 0 Å². The van der Waals surface area contributed by atoms with E-state index in [1.807, 2.05) is 0 Å². The summed E-state index contributed by atoms with van der Waals surface area (Å²) in [7, 11) is 0. The highest BCUT2D eigenvalue weighted by molar-refractivity contribution is 5.72. The van der Waals surface area contributed by atoms with Crippen LogP contribution in [0.5, 0.6) is 0 Å². The fourth-order valence-electron chi connectivity index (χ4n) is 4.85. The fourth-order valence-corrected chi connectivity index (χ4v) is 4.85. The molecule has 0 spiro atoms. The number of carboxylic acid groups (broad SMARTS) is 1. The number of carbonyl (C=O) groups is 1. The predicted molar refractivity (Wildman–Crippen MR) is 56.7 cm³/mol. The molecular weight excluding hydrogens is 204 g/mol. The van der Waals surface area contributed by atoms with Gasteiger partial charge in [0.05, 0.1) is 18.1 Å².